The topological polar surface area (TPSA) is 46.3 Å². The van der Waals surface area contributed by atoms with E-state index in [4.69, 9.17) is 17.3 Å². The van der Waals surface area contributed by atoms with Gasteiger partial charge in [0.05, 0.1) is 10.6 Å². The monoisotopic (exact) mass is 426 g/mol. The summed E-state index contributed by atoms with van der Waals surface area (Å²) >= 11 is 7.51. The number of carbonyl (C=O) groups is 1. The fraction of sp³-hybridized carbons (Fsp3) is 0.292. The molecule has 2 aromatic carbocycles. The van der Waals surface area contributed by atoms with Gasteiger partial charge in [-0.2, -0.15) is 0 Å². The Balaban J connectivity index is 2.10. The molecule has 5 heteroatoms. The molecular weight excluding hydrogens is 400 g/mol. The molecule has 0 aliphatic heterocycles. The van der Waals surface area contributed by atoms with Crippen LogP contribution in [0.3, 0.4) is 0 Å². The fourth-order valence-corrected chi connectivity index (χ4v) is 4.79. The molecule has 0 amide bonds. The number of nitrogen functional groups attached to an aromatic ring is 1. The van der Waals surface area contributed by atoms with Crippen LogP contribution in [-0.4, -0.2) is 23.8 Å². The van der Waals surface area contributed by atoms with Gasteiger partial charge in [-0.15, -0.1) is 11.3 Å². The first-order valence-corrected chi connectivity index (χ1v) is 11.2. The van der Waals surface area contributed by atoms with Crippen molar-refractivity contribution in [2.24, 2.45) is 0 Å². The van der Waals surface area contributed by atoms with E-state index in [0.717, 1.165) is 41.9 Å². The minimum atomic E-state index is -0.0412. The average molecular weight is 427 g/mol. The second-order valence-electron chi connectivity index (χ2n) is 7.13. The molecule has 0 bridgehead atoms. The molecule has 0 atom stereocenters. The van der Waals surface area contributed by atoms with Gasteiger partial charge in [0.1, 0.15) is 0 Å². The molecule has 0 radical (unpaired) electrons. The summed E-state index contributed by atoms with van der Waals surface area (Å²) < 4.78 is 0. The highest BCUT2D eigenvalue weighted by molar-refractivity contribution is 7.20. The molecule has 3 nitrogen and oxygen atoms in total. The Kier molecular flexibility index (Phi) is 7.48. The summed E-state index contributed by atoms with van der Waals surface area (Å²) in [7, 11) is 0. The van der Waals surface area contributed by atoms with Gasteiger partial charge in [0, 0.05) is 22.0 Å². The summed E-state index contributed by atoms with van der Waals surface area (Å²) in [6.07, 6.45) is 2.14. The predicted octanol–water partition coefficient (Wildman–Crippen LogP) is 6.50. The first kappa shape index (κ1) is 21.6. The van der Waals surface area contributed by atoms with Crippen LogP contribution < -0.4 is 5.73 Å². The highest BCUT2D eigenvalue weighted by atomic mass is 35.5. The average Bonchev–Trinajstić information content (AvgIpc) is 3.05. The lowest BCUT2D eigenvalue weighted by molar-refractivity contribution is 0.103. The summed E-state index contributed by atoms with van der Waals surface area (Å²) in [6, 6.07) is 17.2. The number of hydrogen-bond donors (Lipinski definition) is 1. The number of thiophene rings is 1. The highest BCUT2D eigenvalue weighted by Crippen LogP contribution is 2.40. The maximum Gasteiger partial charge on any atom is 0.196 e. The van der Waals surface area contributed by atoms with Crippen LogP contribution in [0.4, 0.5) is 5.00 Å². The van der Waals surface area contributed by atoms with Crippen LogP contribution in [0, 0.1) is 0 Å². The third-order valence-corrected chi connectivity index (χ3v) is 6.23. The van der Waals surface area contributed by atoms with Gasteiger partial charge < -0.3 is 5.73 Å². The summed E-state index contributed by atoms with van der Waals surface area (Å²) in [5, 5.41) is 1.19. The van der Waals surface area contributed by atoms with E-state index >= 15 is 0 Å². The number of nitrogens with zero attached hydrogens (tertiary/aromatic N) is 1. The Hall–Kier alpha value is -2.14. The molecule has 0 aliphatic carbocycles. The van der Waals surface area contributed by atoms with E-state index in [1.807, 2.05) is 18.2 Å². The number of benzene rings is 2. The second-order valence-corrected chi connectivity index (χ2v) is 8.62. The van der Waals surface area contributed by atoms with E-state index in [-0.39, 0.29) is 5.78 Å². The van der Waals surface area contributed by atoms with Crippen LogP contribution in [0.5, 0.6) is 0 Å². The Bertz CT molecular complexity index is 945. The largest absolute Gasteiger partial charge is 0.390 e. The smallest absolute Gasteiger partial charge is 0.196 e. The zero-order valence-corrected chi connectivity index (χ0v) is 18.5. The van der Waals surface area contributed by atoms with Crippen LogP contribution in [-0.2, 0) is 6.54 Å². The van der Waals surface area contributed by atoms with Gasteiger partial charge in [-0.05, 0) is 61.3 Å². The molecule has 0 aliphatic rings. The molecule has 152 valence electrons. The molecule has 3 aromatic rings. The number of rotatable bonds is 9. The van der Waals surface area contributed by atoms with E-state index in [1.165, 1.54) is 11.3 Å². The SMILES string of the molecule is CCCN(CCC)Cc1c(-c2ccccc2)sc(N)c1C(=O)c1ccc(Cl)cc1. The van der Waals surface area contributed by atoms with Crippen molar-refractivity contribution < 1.29 is 4.79 Å². The quantitative estimate of drug-likeness (QED) is 0.397. The van der Waals surface area contributed by atoms with Gasteiger partial charge in [0.25, 0.3) is 0 Å². The van der Waals surface area contributed by atoms with Crippen molar-refractivity contribution in [1.29, 1.82) is 0 Å². The normalized spacial score (nSPS) is 11.2. The molecule has 0 saturated carbocycles. The van der Waals surface area contributed by atoms with E-state index < -0.39 is 0 Å². The van der Waals surface area contributed by atoms with Crippen molar-refractivity contribution in [3.05, 3.63) is 76.3 Å². The Labute approximate surface area is 182 Å². The third-order valence-electron chi connectivity index (χ3n) is 4.87. The summed E-state index contributed by atoms with van der Waals surface area (Å²) in [6.45, 7) is 7.07. The van der Waals surface area contributed by atoms with Crippen molar-refractivity contribution in [2.45, 2.75) is 33.2 Å². The molecule has 3 rings (SSSR count). The van der Waals surface area contributed by atoms with Gasteiger partial charge in [0.15, 0.2) is 5.78 Å². The number of ketones is 1. The summed E-state index contributed by atoms with van der Waals surface area (Å²) in [4.78, 5) is 16.9. The van der Waals surface area contributed by atoms with E-state index in [1.54, 1.807) is 24.3 Å². The molecule has 2 N–H and O–H groups in total. The lowest BCUT2D eigenvalue weighted by Gasteiger charge is -2.22. The van der Waals surface area contributed by atoms with Crippen LogP contribution in [0.25, 0.3) is 10.4 Å². The van der Waals surface area contributed by atoms with Crippen molar-refractivity contribution in [2.75, 3.05) is 18.8 Å². The lowest BCUT2D eigenvalue weighted by atomic mass is 9.97. The Morgan fingerprint density at radius 2 is 1.62 bits per heavy atom. The van der Waals surface area contributed by atoms with E-state index in [2.05, 4.69) is 30.9 Å². The second kappa shape index (κ2) is 10.1. The number of carbonyl (C=O) groups excluding carboxylic acids is 1. The lowest BCUT2D eigenvalue weighted by Crippen LogP contribution is -2.26. The first-order chi connectivity index (χ1) is 14.0. The minimum Gasteiger partial charge on any atom is -0.390 e. The summed E-state index contributed by atoms with van der Waals surface area (Å²) in [5.41, 5.74) is 9.79. The molecule has 0 unspecified atom stereocenters. The van der Waals surface area contributed by atoms with Crippen LogP contribution >= 0.6 is 22.9 Å². The maximum atomic E-state index is 13.4. The van der Waals surface area contributed by atoms with Crippen LogP contribution in [0.15, 0.2) is 54.6 Å². The highest BCUT2D eigenvalue weighted by Gasteiger charge is 2.25. The van der Waals surface area contributed by atoms with Gasteiger partial charge >= 0.3 is 0 Å². The van der Waals surface area contributed by atoms with Gasteiger partial charge in [-0.25, -0.2) is 0 Å². The molecule has 0 fully saturated rings. The molecule has 0 saturated heterocycles. The molecular formula is C24H27ClN2OS. The van der Waals surface area contributed by atoms with Crippen molar-refractivity contribution >= 4 is 33.7 Å². The molecule has 29 heavy (non-hydrogen) atoms. The van der Waals surface area contributed by atoms with Gasteiger partial charge in [-0.3, -0.25) is 9.69 Å². The fourth-order valence-electron chi connectivity index (χ4n) is 3.58. The minimum absolute atomic E-state index is 0.0412. The zero-order valence-electron chi connectivity index (χ0n) is 17.0. The van der Waals surface area contributed by atoms with Gasteiger partial charge in [-0.1, -0.05) is 55.8 Å². The van der Waals surface area contributed by atoms with Crippen molar-refractivity contribution in [1.82, 2.24) is 4.90 Å². The van der Waals surface area contributed by atoms with Gasteiger partial charge in [0.2, 0.25) is 0 Å². The molecule has 0 spiro atoms. The van der Waals surface area contributed by atoms with E-state index in [0.29, 0.717) is 27.7 Å². The van der Waals surface area contributed by atoms with Crippen molar-refractivity contribution in [3.8, 4) is 10.4 Å². The number of halogens is 1. The Morgan fingerprint density at radius 1 is 1.00 bits per heavy atom. The number of anilines is 1. The van der Waals surface area contributed by atoms with Crippen molar-refractivity contribution in [3.63, 3.8) is 0 Å². The van der Waals surface area contributed by atoms with E-state index in [9.17, 15) is 4.79 Å². The Morgan fingerprint density at radius 3 is 2.21 bits per heavy atom. The number of nitrogens with two attached hydrogens (primary N) is 1. The standard InChI is InChI=1S/C24H27ClN2OS/c1-3-14-27(15-4-2)16-20-21(22(28)17-10-12-19(25)13-11-17)24(26)29-23(20)18-8-6-5-7-9-18/h5-13H,3-4,14-16,26H2,1-2H3. The summed E-state index contributed by atoms with van der Waals surface area (Å²) in [5.74, 6) is -0.0412. The number of hydrogen-bond acceptors (Lipinski definition) is 4. The molecule has 1 aromatic heterocycles. The maximum absolute atomic E-state index is 13.4. The first-order valence-electron chi connectivity index (χ1n) is 10.0. The van der Waals surface area contributed by atoms with Crippen LogP contribution in [0.1, 0.15) is 48.2 Å². The third kappa shape index (κ3) is 5.08. The zero-order chi connectivity index (χ0) is 20.8. The predicted molar refractivity (Wildman–Crippen MR) is 125 cm³/mol. The van der Waals surface area contributed by atoms with Crippen LogP contribution in [0.2, 0.25) is 5.02 Å². The molecule has 1 heterocycles.